The Morgan fingerprint density at radius 1 is 1.15 bits per heavy atom. The molecule has 3 aromatic heterocycles. The number of imidazole rings is 2. The number of aliphatic hydroxyl groups is 1. The number of aryl methyl sites for hydroxylation is 1. The number of benzene rings is 1. The lowest BCUT2D eigenvalue weighted by atomic mass is 9.76. The van der Waals surface area contributed by atoms with Crippen molar-refractivity contribution in [3.05, 3.63) is 35.9 Å². The second-order valence-corrected chi connectivity index (χ2v) is 12.9. The first-order valence-electron chi connectivity index (χ1n) is 14.5. The van der Waals surface area contributed by atoms with Crippen LogP contribution in [0.5, 0.6) is 6.01 Å². The van der Waals surface area contributed by atoms with Crippen LogP contribution in [0.25, 0.3) is 22.2 Å². The number of nitrogens with one attached hydrogen (secondary N) is 1. The first kappa shape index (κ1) is 26.6. The highest BCUT2D eigenvalue weighted by Crippen LogP contribution is 2.43. The molecule has 0 amide bonds. The van der Waals surface area contributed by atoms with Crippen molar-refractivity contribution in [1.82, 2.24) is 34.4 Å². The van der Waals surface area contributed by atoms with Crippen LogP contribution in [0.4, 0.5) is 5.82 Å². The van der Waals surface area contributed by atoms with Crippen LogP contribution in [-0.2, 0) is 21.3 Å². The first-order valence-corrected chi connectivity index (χ1v) is 14.5. The third-order valence-electron chi connectivity index (χ3n) is 9.13. The molecular formula is C29H38N8O4. The number of nitrogens with zero attached hydrogens (tertiary/aromatic N) is 6. The van der Waals surface area contributed by atoms with E-state index >= 15 is 0 Å². The standard InChI is InChI=1S/C29H38N8O4/c1-14-36(17-9-15(10-17)5-8-21-33-18-7-6-16(29(2,3)4)11-19(18)34-21)12-20-24(40-14)23(38)27(41-20)37-26-22(35-28(37)39)25(30)31-13-32-26/h6-7,11,13-15,17,20,23-24,27,38H,5,8-10,12H2,1-4H3,(H,33,34)(H,35,39)(H2,30,31,32)/t14?,15-,17-,20-,23-,24-,27-/m1/s1. The number of rotatable bonds is 5. The zero-order valence-corrected chi connectivity index (χ0v) is 23.9. The van der Waals surface area contributed by atoms with Crippen LogP contribution >= 0.6 is 0 Å². The minimum Gasteiger partial charge on any atom is -0.480 e. The Labute approximate surface area is 237 Å². The Morgan fingerprint density at radius 2 is 1.95 bits per heavy atom. The van der Waals surface area contributed by atoms with Gasteiger partial charge in [-0.15, -0.1) is 0 Å². The van der Waals surface area contributed by atoms with E-state index in [1.54, 1.807) is 0 Å². The predicted molar refractivity (Wildman–Crippen MR) is 152 cm³/mol. The summed E-state index contributed by atoms with van der Waals surface area (Å²) in [5, 5.41) is 21.7. The Bertz CT molecular complexity index is 1590. The first-order chi connectivity index (χ1) is 19.6. The summed E-state index contributed by atoms with van der Waals surface area (Å²) in [6.45, 7) is 9.34. The Hall–Kier alpha value is -3.32. The van der Waals surface area contributed by atoms with Crippen molar-refractivity contribution in [3.63, 3.8) is 0 Å². The summed E-state index contributed by atoms with van der Waals surface area (Å²) in [6.07, 6.45) is 2.58. The van der Waals surface area contributed by atoms with Gasteiger partial charge in [0.15, 0.2) is 23.2 Å². The number of ether oxygens (including phenoxy) is 2. The summed E-state index contributed by atoms with van der Waals surface area (Å²) < 4.78 is 13.9. The number of aromatic amines is 1. The Kier molecular flexibility index (Phi) is 6.23. The number of hydrogen-bond acceptors (Lipinski definition) is 10. The van der Waals surface area contributed by atoms with E-state index in [1.165, 1.54) is 16.5 Å². The fraction of sp³-hybridized carbons (Fsp3) is 0.586. The topological polar surface area (TPSA) is 160 Å². The average molecular weight is 563 g/mol. The third kappa shape index (κ3) is 4.53. The van der Waals surface area contributed by atoms with Crippen LogP contribution in [0.15, 0.2) is 24.5 Å². The monoisotopic (exact) mass is 562 g/mol. The van der Waals surface area contributed by atoms with Gasteiger partial charge in [0.25, 0.3) is 6.01 Å². The molecule has 0 bridgehead atoms. The summed E-state index contributed by atoms with van der Waals surface area (Å²) in [5.41, 5.74) is 10.0. The van der Waals surface area contributed by atoms with Crippen LogP contribution in [0.1, 0.15) is 64.6 Å². The number of aliphatic hydroxyl groups excluding tert-OH is 1. The number of aromatic hydroxyl groups is 1. The van der Waals surface area contributed by atoms with E-state index in [9.17, 15) is 10.2 Å². The zero-order chi connectivity index (χ0) is 28.6. The largest absolute Gasteiger partial charge is 0.480 e. The zero-order valence-electron chi connectivity index (χ0n) is 23.9. The molecule has 12 nitrogen and oxygen atoms in total. The van der Waals surface area contributed by atoms with Crippen LogP contribution in [0.2, 0.25) is 0 Å². The van der Waals surface area contributed by atoms with Gasteiger partial charge in [0.05, 0.1) is 11.0 Å². The van der Waals surface area contributed by atoms with E-state index in [2.05, 4.69) is 63.8 Å². The molecule has 1 aliphatic carbocycles. The summed E-state index contributed by atoms with van der Waals surface area (Å²) in [4.78, 5) is 22.9. The maximum absolute atomic E-state index is 11.1. The Morgan fingerprint density at radius 3 is 2.73 bits per heavy atom. The molecule has 4 aromatic rings. The van der Waals surface area contributed by atoms with Gasteiger partial charge in [-0.3, -0.25) is 4.90 Å². The molecule has 5 N–H and O–H groups in total. The lowest BCUT2D eigenvalue weighted by Gasteiger charge is -2.49. The highest BCUT2D eigenvalue weighted by molar-refractivity contribution is 5.82. The summed E-state index contributed by atoms with van der Waals surface area (Å²) in [6, 6.07) is 6.60. The van der Waals surface area contributed by atoms with Crippen molar-refractivity contribution < 1.29 is 19.7 Å². The maximum Gasteiger partial charge on any atom is 0.298 e. The van der Waals surface area contributed by atoms with E-state index < -0.39 is 18.4 Å². The number of fused-ring (bicyclic) bond motifs is 3. The molecule has 218 valence electrons. The molecule has 41 heavy (non-hydrogen) atoms. The van der Waals surface area contributed by atoms with Crippen molar-refractivity contribution in [3.8, 4) is 6.01 Å². The molecule has 7 rings (SSSR count). The number of hydrogen-bond donors (Lipinski definition) is 4. The highest BCUT2D eigenvalue weighted by atomic mass is 16.6. The van der Waals surface area contributed by atoms with Crippen LogP contribution < -0.4 is 5.73 Å². The highest BCUT2D eigenvalue weighted by Gasteiger charge is 2.52. The molecule has 2 aliphatic heterocycles. The number of nitrogen functional groups attached to an aromatic ring is 1. The number of aromatic nitrogens is 6. The van der Waals surface area contributed by atoms with Gasteiger partial charge in [-0.1, -0.05) is 26.8 Å². The normalized spacial score (nSPS) is 30.6. The van der Waals surface area contributed by atoms with Crippen LogP contribution in [-0.4, -0.2) is 81.7 Å². The predicted octanol–water partition coefficient (Wildman–Crippen LogP) is 3.00. The molecule has 5 heterocycles. The molecule has 5 atom stereocenters. The van der Waals surface area contributed by atoms with E-state index in [4.69, 9.17) is 20.2 Å². The van der Waals surface area contributed by atoms with Crippen molar-refractivity contribution in [1.29, 1.82) is 0 Å². The lowest BCUT2D eigenvalue weighted by molar-refractivity contribution is -0.199. The molecule has 0 radical (unpaired) electrons. The lowest BCUT2D eigenvalue weighted by Crippen LogP contribution is -2.59. The number of H-pyrrole nitrogens is 1. The van der Waals surface area contributed by atoms with Crippen molar-refractivity contribution in [2.24, 2.45) is 5.92 Å². The minimum atomic E-state index is -0.999. The molecule has 3 fully saturated rings. The van der Waals surface area contributed by atoms with Crippen molar-refractivity contribution in [2.75, 3.05) is 12.3 Å². The maximum atomic E-state index is 11.1. The van der Waals surface area contributed by atoms with Gasteiger partial charge < -0.3 is 30.4 Å². The smallest absolute Gasteiger partial charge is 0.298 e. The molecule has 2 saturated heterocycles. The van der Waals surface area contributed by atoms with E-state index in [0.717, 1.165) is 42.5 Å². The number of anilines is 1. The fourth-order valence-corrected chi connectivity index (χ4v) is 6.70. The molecule has 1 saturated carbocycles. The van der Waals surface area contributed by atoms with Gasteiger partial charge >= 0.3 is 0 Å². The summed E-state index contributed by atoms with van der Waals surface area (Å²) >= 11 is 0. The van der Waals surface area contributed by atoms with Gasteiger partial charge in [-0.25, -0.2) is 19.5 Å². The molecule has 0 spiro atoms. The van der Waals surface area contributed by atoms with Gasteiger partial charge in [0.1, 0.15) is 36.7 Å². The SMILES string of the molecule is CC1O[C@H]2[C@@H](O)[C@H](n3c(O)nc4c(N)ncnc43)O[C@@H]2CN1[C@H]1C[C@H](CCc2nc3cc(C(C)(C)C)ccc3[nH]2)C1. The van der Waals surface area contributed by atoms with E-state index in [0.29, 0.717) is 24.2 Å². The second-order valence-electron chi connectivity index (χ2n) is 12.9. The second kappa shape index (κ2) is 9.62. The molecule has 1 unspecified atom stereocenters. The van der Waals surface area contributed by atoms with Gasteiger partial charge in [-0.05, 0) is 55.2 Å². The van der Waals surface area contributed by atoms with Crippen molar-refractivity contribution in [2.45, 2.75) is 95.6 Å². The van der Waals surface area contributed by atoms with Gasteiger partial charge in [0, 0.05) is 19.0 Å². The van der Waals surface area contributed by atoms with Crippen LogP contribution in [0, 0.1) is 5.92 Å². The van der Waals surface area contributed by atoms with E-state index in [-0.39, 0.29) is 35.1 Å². The average Bonchev–Trinajstić information content (AvgIpc) is 3.55. The quantitative estimate of drug-likeness (QED) is 0.285. The summed E-state index contributed by atoms with van der Waals surface area (Å²) in [5.74, 6) is 1.83. The molecular weight excluding hydrogens is 524 g/mol. The van der Waals surface area contributed by atoms with Crippen molar-refractivity contribution >= 4 is 28.0 Å². The fourth-order valence-electron chi connectivity index (χ4n) is 6.70. The van der Waals surface area contributed by atoms with Gasteiger partial charge in [0.2, 0.25) is 0 Å². The molecule has 1 aromatic carbocycles. The Balaban J connectivity index is 0.972. The van der Waals surface area contributed by atoms with Crippen LogP contribution in [0.3, 0.4) is 0 Å². The third-order valence-corrected chi connectivity index (χ3v) is 9.13. The summed E-state index contributed by atoms with van der Waals surface area (Å²) in [7, 11) is 0. The number of nitrogens with two attached hydrogens (primary N) is 1. The van der Waals surface area contributed by atoms with Gasteiger partial charge in [-0.2, -0.15) is 4.98 Å². The molecule has 3 aliphatic rings. The van der Waals surface area contributed by atoms with E-state index in [1.807, 2.05) is 6.92 Å². The minimum absolute atomic E-state index is 0.102. The molecule has 12 heteroatoms.